The molecule has 0 spiro atoms. The fourth-order valence-electron chi connectivity index (χ4n) is 4.81. The molecule has 4 atom stereocenters. The van der Waals surface area contributed by atoms with Crippen molar-refractivity contribution in [1.29, 1.82) is 0 Å². The van der Waals surface area contributed by atoms with Crippen LogP contribution in [0.3, 0.4) is 0 Å². The van der Waals surface area contributed by atoms with E-state index in [0.717, 1.165) is 32.5 Å². The third kappa shape index (κ3) is 4.70. The number of rotatable bonds is 6. The number of nitrogens with zero attached hydrogens (tertiary/aromatic N) is 4. The molecule has 156 valence electrons. The Morgan fingerprint density at radius 1 is 1.17 bits per heavy atom. The van der Waals surface area contributed by atoms with Gasteiger partial charge in [-0.3, -0.25) is 14.4 Å². The fraction of sp³-hybridized carbons (Fsp3) is 0.565. The maximum absolute atomic E-state index is 12.1. The summed E-state index contributed by atoms with van der Waals surface area (Å²) in [6.45, 7) is 5.50. The first-order valence-electron chi connectivity index (χ1n) is 10.6. The highest BCUT2D eigenvalue weighted by molar-refractivity contribution is 5.76. The summed E-state index contributed by atoms with van der Waals surface area (Å²) in [6.07, 6.45) is 5.91. The Morgan fingerprint density at radius 2 is 1.90 bits per heavy atom. The second-order valence-electron chi connectivity index (χ2n) is 8.86. The van der Waals surface area contributed by atoms with Crippen molar-refractivity contribution in [2.24, 2.45) is 11.8 Å². The van der Waals surface area contributed by atoms with E-state index in [0.29, 0.717) is 11.8 Å². The van der Waals surface area contributed by atoms with Gasteiger partial charge in [0.05, 0.1) is 12.1 Å². The monoisotopic (exact) mass is 396 g/mol. The van der Waals surface area contributed by atoms with Crippen molar-refractivity contribution in [2.45, 2.75) is 38.5 Å². The van der Waals surface area contributed by atoms with Crippen LogP contribution in [-0.4, -0.2) is 65.4 Å². The van der Waals surface area contributed by atoms with Crippen LogP contribution in [0.2, 0.25) is 0 Å². The lowest BCUT2D eigenvalue weighted by Gasteiger charge is -2.38. The van der Waals surface area contributed by atoms with Crippen LogP contribution in [0.4, 0.5) is 0 Å². The summed E-state index contributed by atoms with van der Waals surface area (Å²) < 4.78 is 8.18. The number of fused-ring (bicyclic) bond motifs is 1. The third-order valence-corrected chi connectivity index (χ3v) is 6.47. The normalized spacial score (nSPS) is 27.0. The van der Waals surface area contributed by atoms with Gasteiger partial charge < -0.3 is 9.64 Å². The topological polar surface area (TPSA) is 50.6 Å². The van der Waals surface area contributed by atoms with Gasteiger partial charge >= 0.3 is 0 Å². The molecule has 6 nitrogen and oxygen atoms in total. The minimum Gasteiger partial charge on any atom is -0.366 e. The first kappa shape index (κ1) is 20.1. The van der Waals surface area contributed by atoms with Crippen molar-refractivity contribution < 1.29 is 9.53 Å². The molecule has 0 radical (unpaired) electrons. The van der Waals surface area contributed by atoms with E-state index in [1.165, 1.54) is 11.1 Å². The van der Waals surface area contributed by atoms with Crippen LogP contribution >= 0.6 is 0 Å². The molecule has 1 saturated heterocycles. The van der Waals surface area contributed by atoms with Gasteiger partial charge in [0.2, 0.25) is 5.91 Å². The fourth-order valence-corrected chi connectivity index (χ4v) is 4.81. The highest BCUT2D eigenvalue weighted by atomic mass is 16.5. The molecule has 0 bridgehead atoms. The number of aryl methyl sites for hydroxylation is 1. The highest BCUT2D eigenvalue weighted by Gasteiger charge is 2.43. The van der Waals surface area contributed by atoms with Crippen LogP contribution in [-0.2, 0) is 16.1 Å². The summed E-state index contributed by atoms with van der Waals surface area (Å²) >= 11 is 0. The summed E-state index contributed by atoms with van der Waals surface area (Å²) in [5, 5.41) is 4.49. The number of ether oxygens (including phenoxy) is 1. The third-order valence-electron chi connectivity index (χ3n) is 6.47. The van der Waals surface area contributed by atoms with Gasteiger partial charge in [0.15, 0.2) is 0 Å². The second kappa shape index (κ2) is 8.67. The molecule has 1 aliphatic heterocycles. The van der Waals surface area contributed by atoms with Gasteiger partial charge in [0, 0.05) is 46.1 Å². The van der Waals surface area contributed by atoms with Crippen molar-refractivity contribution in [3.63, 3.8) is 0 Å². The predicted octanol–water partition coefficient (Wildman–Crippen LogP) is 2.75. The largest absolute Gasteiger partial charge is 0.366 e. The molecule has 29 heavy (non-hydrogen) atoms. The molecule has 1 aromatic heterocycles. The number of benzene rings is 1. The Bertz CT molecular complexity index is 803. The van der Waals surface area contributed by atoms with Crippen molar-refractivity contribution >= 4 is 5.91 Å². The van der Waals surface area contributed by atoms with Crippen molar-refractivity contribution in [3.8, 4) is 0 Å². The van der Waals surface area contributed by atoms with Gasteiger partial charge in [-0.2, -0.15) is 5.10 Å². The Balaban J connectivity index is 1.43. The molecular formula is C23H32N4O2. The van der Waals surface area contributed by atoms with Crippen LogP contribution in [0.5, 0.6) is 0 Å². The van der Waals surface area contributed by atoms with E-state index in [4.69, 9.17) is 4.74 Å². The number of likely N-dealkylation sites (tertiary alicyclic amines) is 1. The maximum Gasteiger partial charge on any atom is 0.248 e. The Labute approximate surface area is 173 Å². The first-order valence-corrected chi connectivity index (χ1v) is 10.6. The lowest BCUT2D eigenvalue weighted by Crippen LogP contribution is -2.40. The number of hydrogen-bond acceptors (Lipinski definition) is 4. The van der Waals surface area contributed by atoms with E-state index >= 15 is 0 Å². The van der Waals surface area contributed by atoms with Gasteiger partial charge in [-0.1, -0.05) is 29.8 Å². The Hall–Kier alpha value is -2.18. The average Bonchev–Trinajstić information content (AvgIpc) is 3.36. The molecule has 6 heteroatoms. The SMILES string of the molecule is Cc1ccc(CN2C[C@H]3C[C@H](OCC(=O)N(C)C)[C@@H](n4cccn4)C[C@H]3C2)cc1. The summed E-state index contributed by atoms with van der Waals surface area (Å²) in [7, 11) is 3.54. The number of aromatic nitrogens is 2. The molecule has 0 N–H and O–H groups in total. The van der Waals surface area contributed by atoms with E-state index < -0.39 is 0 Å². The lowest BCUT2D eigenvalue weighted by atomic mass is 9.77. The van der Waals surface area contributed by atoms with E-state index in [-0.39, 0.29) is 24.7 Å². The van der Waals surface area contributed by atoms with E-state index in [1.54, 1.807) is 19.0 Å². The lowest BCUT2D eigenvalue weighted by molar-refractivity contribution is -0.138. The van der Waals surface area contributed by atoms with Crippen LogP contribution in [0.1, 0.15) is 30.0 Å². The minimum absolute atomic E-state index is 0.0127. The van der Waals surface area contributed by atoms with E-state index in [2.05, 4.69) is 41.2 Å². The number of likely N-dealkylation sites (N-methyl/N-ethyl adjacent to an activating group) is 1. The second-order valence-corrected chi connectivity index (χ2v) is 8.86. The Kier molecular flexibility index (Phi) is 6.01. The van der Waals surface area contributed by atoms with Crippen LogP contribution < -0.4 is 0 Å². The zero-order valence-electron chi connectivity index (χ0n) is 17.7. The molecule has 2 heterocycles. The van der Waals surface area contributed by atoms with Crippen LogP contribution in [0.15, 0.2) is 42.7 Å². The molecule has 2 aliphatic rings. The van der Waals surface area contributed by atoms with Gasteiger partial charge in [-0.05, 0) is 43.2 Å². The van der Waals surface area contributed by atoms with Gasteiger partial charge in [0.25, 0.3) is 0 Å². The van der Waals surface area contributed by atoms with Crippen molar-refractivity contribution in [1.82, 2.24) is 19.6 Å². The average molecular weight is 397 g/mol. The van der Waals surface area contributed by atoms with E-state index in [1.807, 2.05) is 23.1 Å². The predicted molar refractivity (Wildman–Crippen MR) is 112 cm³/mol. The number of carbonyl (C=O) groups is 1. The summed E-state index contributed by atoms with van der Waals surface area (Å²) in [5.41, 5.74) is 2.68. The molecular weight excluding hydrogens is 364 g/mol. The maximum atomic E-state index is 12.1. The molecule has 1 saturated carbocycles. The van der Waals surface area contributed by atoms with Gasteiger partial charge in [0.1, 0.15) is 6.61 Å². The molecule has 1 aromatic carbocycles. The standard InChI is InChI=1S/C23H32N4O2/c1-17-5-7-18(8-6-17)13-26-14-19-11-21(27-10-4-9-24-27)22(12-20(19)15-26)29-16-23(28)25(2)3/h4-10,19-22H,11-16H2,1-3H3/t19-,20+,21-,22-/m0/s1. The summed E-state index contributed by atoms with van der Waals surface area (Å²) in [6, 6.07) is 11.0. The quantitative estimate of drug-likeness (QED) is 0.753. The van der Waals surface area contributed by atoms with Gasteiger partial charge in [-0.25, -0.2) is 0 Å². The molecule has 2 fully saturated rings. The minimum atomic E-state index is 0.0127. The smallest absolute Gasteiger partial charge is 0.248 e. The Morgan fingerprint density at radius 3 is 2.55 bits per heavy atom. The zero-order chi connectivity index (χ0) is 20.4. The first-order chi connectivity index (χ1) is 14.0. The summed E-state index contributed by atoms with van der Waals surface area (Å²) in [4.78, 5) is 16.2. The molecule has 2 aromatic rings. The molecule has 1 aliphatic carbocycles. The number of hydrogen-bond donors (Lipinski definition) is 0. The molecule has 1 amide bonds. The summed E-state index contributed by atoms with van der Waals surface area (Å²) in [5.74, 6) is 1.28. The van der Waals surface area contributed by atoms with E-state index in [9.17, 15) is 4.79 Å². The molecule has 0 unspecified atom stereocenters. The van der Waals surface area contributed by atoms with Crippen LogP contribution in [0.25, 0.3) is 0 Å². The van der Waals surface area contributed by atoms with Crippen molar-refractivity contribution in [2.75, 3.05) is 33.8 Å². The number of carbonyl (C=O) groups excluding carboxylic acids is 1. The van der Waals surface area contributed by atoms with Crippen LogP contribution in [0, 0.1) is 18.8 Å². The van der Waals surface area contributed by atoms with Gasteiger partial charge in [-0.15, -0.1) is 0 Å². The number of amides is 1. The van der Waals surface area contributed by atoms with Crippen molar-refractivity contribution in [3.05, 3.63) is 53.9 Å². The zero-order valence-corrected chi connectivity index (χ0v) is 17.7. The highest BCUT2D eigenvalue weighted by Crippen LogP contribution is 2.42. The molecule has 4 rings (SSSR count).